The van der Waals surface area contributed by atoms with Gasteiger partial charge in [-0.2, -0.15) is 5.10 Å². The number of non-ortho nitro benzene ring substituents is 1. The van der Waals surface area contributed by atoms with Crippen LogP contribution in [0.3, 0.4) is 0 Å². The van der Waals surface area contributed by atoms with Crippen LogP contribution in [-0.4, -0.2) is 19.7 Å². The summed E-state index contributed by atoms with van der Waals surface area (Å²) < 4.78 is 1.78. The fourth-order valence-corrected chi connectivity index (χ4v) is 2.35. The molecular weight excluding hydrogens is 256 g/mol. The summed E-state index contributed by atoms with van der Waals surface area (Å²) in [6, 6.07) is 8.72. The minimum atomic E-state index is -0.416. The standard InChI is InChI=1S/C14H12N4O2/c1-9-8-10(2)17(16-9)12-6-7-15-14-11(12)4-3-5-13(14)18(19)20/h3-8H,1-2H3. The Morgan fingerprint density at radius 3 is 2.70 bits per heavy atom. The molecule has 2 aromatic heterocycles. The SMILES string of the molecule is Cc1cc(C)n(-c2ccnc3c([N+](=O)[O-])cccc23)n1. The molecule has 0 aliphatic carbocycles. The van der Waals surface area contributed by atoms with Gasteiger partial charge in [0.05, 0.1) is 16.3 Å². The molecule has 3 rings (SSSR count). The lowest BCUT2D eigenvalue weighted by Gasteiger charge is -2.08. The van der Waals surface area contributed by atoms with Crippen molar-refractivity contribution in [1.82, 2.24) is 14.8 Å². The number of fused-ring (bicyclic) bond motifs is 1. The normalized spacial score (nSPS) is 10.9. The van der Waals surface area contributed by atoms with Crippen molar-refractivity contribution < 1.29 is 4.92 Å². The molecule has 0 spiro atoms. The van der Waals surface area contributed by atoms with Crippen molar-refractivity contribution in [2.75, 3.05) is 0 Å². The molecule has 6 nitrogen and oxygen atoms in total. The molecule has 100 valence electrons. The maximum absolute atomic E-state index is 11.1. The largest absolute Gasteiger partial charge is 0.295 e. The highest BCUT2D eigenvalue weighted by Crippen LogP contribution is 2.28. The van der Waals surface area contributed by atoms with Gasteiger partial charge in [0.25, 0.3) is 5.69 Å². The van der Waals surface area contributed by atoms with Gasteiger partial charge in [-0.25, -0.2) is 9.67 Å². The number of hydrogen-bond donors (Lipinski definition) is 0. The molecular formula is C14H12N4O2. The van der Waals surface area contributed by atoms with E-state index in [0.717, 1.165) is 17.1 Å². The van der Waals surface area contributed by atoms with Crippen molar-refractivity contribution in [2.45, 2.75) is 13.8 Å². The molecule has 1 aromatic carbocycles. The van der Waals surface area contributed by atoms with Crippen LogP contribution in [-0.2, 0) is 0 Å². The smallest absolute Gasteiger partial charge is 0.258 e. The summed E-state index contributed by atoms with van der Waals surface area (Å²) in [5.74, 6) is 0. The summed E-state index contributed by atoms with van der Waals surface area (Å²) >= 11 is 0. The first-order valence-electron chi connectivity index (χ1n) is 6.13. The van der Waals surface area contributed by atoms with Crippen molar-refractivity contribution in [3.63, 3.8) is 0 Å². The summed E-state index contributed by atoms with van der Waals surface area (Å²) in [6.07, 6.45) is 1.57. The van der Waals surface area contributed by atoms with E-state index >= 15 is 0 Å². The molecule has 0 bridgehead atoms. The lowest BCUT2D eigenvalue weighted by Crippen LogP contribution is -2.01. The number of nitro benzene ring substituents is 1. The molecule has 0 fully saturated rings. The zero-order valence-corrected chi connectivity index (χ0v) is 11.1. The van der Waals surface area contributed by atoms with Crippen LogP contribution in [0.25, 0.3) is 16.6 Å². The van der Waals surface area contributed by atoms with Crippen molar-refractivity contribution in [3.8, 4) is 5.69 Å². The molecule has 20 heavy (non-hydrogen) atoms. The fraction of sp³-hybridized carbons (Fsp3) is 0.143. The Hall–Kier alpha value is -2.76. The Labute approximate surface area is 114 Å². The van der Waals surface area contributed by atoms with Crippen molar-refractivity contribution in [1.29, 1.82) is 0 Å². The topological polar surface area (TPSA) is 73.8 Å². The number of pyridine rings is 1. The van der Waals surface area contributed by atoms with Crippen LogP contribution in [0.15, 0.2) is 36.5 Å². The molecule has 0 N–H and O–H groups in total. The van der Waals surface area contributed by atoms with Crippen LogP contribution in [0.1, 0.15) is 11.4 Å². The van der Waals surface area contributed by atoms with Crippen LogP contribution in [0, 0.1) is 24.0 Å². The molecule has 3 aromatic rings. The van der Waals surface area contributed by atoms with Gasteiger partial charge >= 0.3 is 0 Å². The number of aromatic nitrogens is 3. The van der Waals surface area contributed by atoms with Gasteiger partial charge < -0.3 is 0 Å². The van der Waals surface area contributed by atoms with E-state index in [4.69, 9.17) is 0 Å². The second-order valence-electron chi connectivity index (χ2n) is 4.60. The molecule has 0 saturated heterocycles. The number of nitrogens with zero attached hydrogens (tertiary/aromatic N) is 4. The van der Waals surface area contributed by atoms with E-state index in [1.54, 1.807) is 16.9 Å². The minimum Gasteiger partial charge on any atom is -0.258 e. The van der Waals surface area contributed by atoms with Crippen LogP contribution in [0.2, 0.25) is 0 Å². The number of benzene rings is 1. The Morgan fingerprint density at radius 1 is 1.25 bits per heavy atom. The molecule has 0 atom stereocenters. The Balaban J connectivity index is 2.36. The predicted octanol–water partition coefficient (Wildman–Crippen LogP) is 2.95. The lowest BCUT2D eigenvalue weighted by atomic mass is 10.1. The second-order valence-corrected chi connectivity index (χ2v) is 4.60. The van der Waals surface area contributed by atoms with E-state index < -0.39 is 4.92 Å². The maximum Gasteiger partial charge on any atom is 0.295 e. The van der Waals surface area contributed by atoms with Gasteiger partial charge in [0.15, 0.2) is 0 Å². The summed E-state index contributed by atoms with van der Waals surface area (Å²) in [6.45, 7) is 3.86. The zero-order chi connectivity index (χ0) is 14.3. The van der Waals surface area contributed by atoms with E-state index in [2.05, 4.69) is 10.1 Å². The molecule has 0 unspecified atom stereocenters. The van der Waals surface area contributed by atoms with Gasteiger partial charge in [-0.1, -0.05) is 12.1 Å². The maximum atomic E-state index is 11.1. The molecule has 0 aliphatic heterocycles. The molecule has 0 amide bonds. The third-order valence-corrected chi connectivity index (χ3v) is 3.16. The molecule has 0 saturated carbocycles. The number of para-hydroxylation sites is 1. The lowest BCUT2D eigenvalue weighted by molar-refractivity contribution is -0.383. The summed E-state index contributed by atoms with van der Waals surface area (Å²) in [7, 11) is 0. The van der Waals surface area contributed by atoms with E-state index in [0.29, 0.717) is 10.9 Å². The van der Waals surface area contributed by atoms with E-state index in [1.165, 1.54) is 6.07 Å². The van der Waals surface area contributed by atoms with Gasteiger partial charge in [0, 0.05) is 23.3 Å². The first-order valence-corrected chi connectivity index (χ1v) is 6.13. The number of nitro groups is 1. The number of rotatable bonds is 2. The molecule has 6 heteroatoms. The van der Waals surface area contributed by atoms with E-state index in [9.17, 15) is 10.1 Å². The summed E-state index contributed by atoms with van der Waals surface area (Å²) in [4.78, 5) is 14.8. The summed E-state index contributed by atoms with van der Waals surface area (Å²) in [5, 5.41) is 16.2. The first kappa shape index (κ1) is 12.3. The molecule has 0 radical (unpaired) electrons. The van der Waals surface area contributed by atoms with Crippen LogP contribution >= 0.6 is 0 Å². The highest BCUT2D eigenvalue weighted by Gasteiger charge is 2.16. The predicted molar refractivity (Wildman–Crippen MR) is 75.0 cm³/mol. The van der Waals surface area contributed by atoms with E-state index in [1.807, 2.05) is 32.0 Å². The Morgan fingerprint density at radius 2 is 2.05 bits per heavy atom. The minimum absolute atomic E-state index is 0.00545. The van der Waals surface area contributed by atoms with Crippen molar-refractivity contribution in [2.24, 2.45) is 0 Å². The summed E-state index contributed by atoms with van der Waals surface area (Å²) in [5.41, 5.74) is 3.05. The number of hydrogen-bond acceptors (Lipinski definition) is 4. The van der Waals surface area contributed by atoms with Gasteiger partial charge in [0.1, 0.15) is 5.52 Å². The third kappa shape index (κ3) is 1.82. The van der Waals surface area contributed by atoms with Gasteiger partial charge in [0.2, 0.25) is 0 Å². The number of aryl methyl sites for hydroxylation is 2. The van der Waals surface area contributed by atoms with Crippen LogP contribution < -0.4 is 0 Å². The second kappa shape index (κ2) is 4.41. The highest BCUT2D eigenvalue weighted by atomic mass is 16.6. The monoisotopic (exact) mass is 268 g/mol. The quantitative estimate of drug-likeness (QED) is 0.529. The van der Waals surface area contributed by atoms with Gasteiger partial charge in [-0.3, -0.25) is 10.1 Å². The van der Waals surface area contributed by atoms with E-state index in [-0.39, 0.29) is 5.69 Å². The average Bonchev–Trinajstić information content (AvgIpc) is 2.76. The van der Waals surface area contributed by atoms with Crippen molar-refractivity contribution in [3.05, 3.63) is 58.0 Å². The van der Waals surface area contributed by atoms with Crippen LogP contribution in [0.5, 0.6) is 0 Å². The highest BCUT2D eigenvalue weighted by molar-refractivity contribution is 5.93. The van der Waals surface area contributed by atoms with Crippen molar-refractivity contribution >= 4 is 16.6 Å². The fourth-order valence-electron chi connectivity index (χ4n) is 2.35. The Kier molecular flexibility index (Phi) is 2.71. The first-order chi connectivity index (χ1) is 9.58. The molecule has 0 aliphatic rings. The zero-order valence-electron chi connectivity index (χ0n) is 11.1. The Bertz CT molecular complexity index is 823. The van der Waals surface area contributed by atoms with Gasteiger partial charge in [-0.05, 0) is 26.0 Å². The van der Waals surface area contributed by atoms with Gasteiger partial charge in [-0.15, -0.1) is 0 Å². The third-order valence-electron chi connectivity index (χ3n) is 3.16. The average molecular weight is 268 g/mol. The van der Waals surface area contributed by atoms with Crippen LogP contribution in [0.4, 0.5) is 5.69 Å². The molecule has 2 heterocycles.